The van der Waals surface area contributed by atoms with Crippen molar-refractivity contribution in [2.24, 2.45) is 0 Å². The van der Waals surface area contributed by atoms with Gasteiger partial charge in [-0.3, -0.25) is 4.79 Å². The van der Waals surface area contributed by atoms with E-state index in [-0.39, 0.29) is 22.8 Å². The number of carbonyl (C=O) groups excluding carboxylic acids is 1. The summed E-state index contributed by atoms with van der Waals surface area (Å²) in [6.07, 6.45) is 0.578. The molecule has 2 heterocycles. The van der Waals surface area contributed by atoms with Crippen LogP contribution in [-0.4, -0.2) is 54.9 Å². The lowest BCUT2D eigenvalue weighted by molar-refractivity contribution is 0.0764. The summed E-state index contributed by atoms with van der Waals surface area (Å²) >= 11 is 0. The van der Waals surface area contributed by atoms with Gasteiger partial charge in [0.25, 0.3) is 5.91 Å². The zero-order valence-corrected chi connectivity index (χ0v) is 18.5. The van der Waals surface area contributed by atoms with Crippen LogP contribution in [0.5, 0.6) is 0 Å². The maximum Gasteiger partial charge on any atom is 0.253 e. The number of carbonyl (C=O) groups is 1. The second kappa shape index (κ2) is 7.91. The fourth-order valence-corrected chi connectivity index (χ4v) is 5.37. The first-order chi connectivity index (χ1) is 13.5. The van der Waals surface area contributed by atoms with Crippen LogP contribution >= 0.6 is 0 Å². The van der Waals surface area contributed by atoms with E-state index in [9.17, 15) is 13.2 Å². The average Bonchev–Trinajstić information content (AvgIpc) is 2.85. The number of sulfonamides is 1. The predicted molar refractivity (Wildman–Crippen MR) is 110 cm³/mol. The van der Waals surface area contributed by atoms with Gasteiger partial charge in [0.1, 0.15) is 10.6 Å². The smallest absolute Gasteiger partial charge is 0.253 e. The van der Waals surface area contributed by atoms with Crippen LogP contribution in [0.3, 0.4) is 0 Å². The van der Waals surface area contributed by atoms with E-state index < -0.39 is 10.0 Å². The molecule has 0 unspecified atom stereocenters. The van der Waals surface area contributed by atoms with Crippen LogP contribution in [0.15, 0.2) is 33.7 Å². The molecule has 0 radical (unpaired) electrons. The van der Waals surface area contributed by atoms with Gasteiger partial charge < -0.3 is 9.42 Å². The lowest BCUT2D eigenvalue weighted by Crippen LogP contribution is -2.37. The van der Waals surface area contributed by atoms with Crippen molar-refractivity contribution in [3.63, 3.8) is 0 Å². The Bertz CT molecular complexity index is 968. The van der Waals surface area contributed by atoms with Crippen LogP contribution in [0.4, 0.5) is 0 Å². The van der Waals surface area contributed by atoms with Crippen LogP contribution in [0.1, 0.15) is 54.6 Å². The SMILES string of the molecule is Cc1noc(C)c1S(=O)(=O)N1CCCN(C(=O)c2ccc(C(C)(C)C)cc2)CC1. The molecular formula is C21H29N3O4S. The van der Waals surface area contributed by atoms with Crippen molar-refractivity contribution in [2.45, 2.75) is 51.3 Å². The molecule has 0 bridgehead atoms. The summed E-state index contributed by atoms with van der Waals surface area (Å²) < 4.78 is 32.5. The molecule has 1 fully saturated rings. The van der Waals surface area contributed by atoms with Crippen LogP contribution < -0.4 is 0 Å². The Morgan fingerprint density at radius 3 is 2.24 bits per heavy atom. The molecule has 1 aliphatic heterocycles. The van der Waals surface area contributed by atoms with Gasteiger partial charge in [-0.15, -0.1) is 0 Å². The molecule has 0 aliphatic carbocycles. The number of rotatable bonds is 3. The van der Waals surface area contributed by atoms with Crippen LogP contribution in [0, 0.1) is 13.8 Å². The monoisotopic (exact) mass is 419 g/mol. The largest absolute Gasteiger partial charge is 0.360 e. The first kappa shape index (κ1) is 21.5. The minimum atomic E-state index is -3.70. The van der Waals surface area contributed by atoms with Crippen molar-refractivity contribution < 1.29 is 17.7 Å². The van der Waals surface area contributed by atoms with E-state index >= 15 is 0 Å². The number of hydrogen-bond acceptors (Lipinski definition) is 5. The van der Waals surface area contributed by atoms with Crippen molar-refractivity contribution in [1.29, 1.82) is 0 Å². The minimum absolute atomic E-state index is 0.0250. The van der Waals surface area contributed by atoms with Gasteiger partial charge in [0, 0.05) is 31.7 Å². The molecule has 0 spiro atoms. The summed E-state index contributed by atoms with van der Waals surface area (Å²) in [6, 6.07) is 7.68. The van der Waals surface area contributed by atoms with Gasteiger partial charge in [-0.05, 0) is 43.4 Å². The Morgan fingerprint density at radius 1 is 1.03 bits per heavy atom. The summed E-state index contributed by atoms with van der Waals surface area (Å²) in [5.41, 5.74) is 2.18. The van der Waals surface area contributed by atoms with Gasteiger partial charge in [-0.25, -0.2) is 8.42 Å². The second-order valence-electron chi connectivity index (χ2n) is 8.53. The number of aryl methyl sites for hydroxylation is 2. The Labute approximate surface area is 172 Å². The summed E-state index contributed by atoms with van der Waals surface area (Å²) in [6.45, 7) is 11.1. The molecule has 2 aromatic rings. The number of amides is 1. The van der Waals surface area contributed by atoms with E-state index in [0.717, 1.165) is 0 Å². The third-order valence-electron chi connectivity index (χ3n) is 5.31. The maximum atomic E-state index is 13.0. The molecule has 0 N–H and O–H groups in total. The predicted octanol–water partition coefficient (Wildman–Crippen LogP) is 3.13. The lowest BCUT2D eigenvalue weighted by atomic mass is 9.86. The van der Waals surface area contributed by atoms with Gasteiger partial charge in [0.15, 0.2) is 5.76 Å². The molecule has 1 aromatic carbocycles. The molecule has 7 nitrogen and oxygen atoms in total. The van der Waals surface area contributed by atoms with Crippen LogP contribution in [0.25, 0.3) is 0 Å². The first-order valence-corrected chi connectivity index (χ1v) is 11.3. The highest BCUT2D eigenvalue weighted by atomic mass is 32.2. The van der Waals surface area contributed by atoms with Crippen molar-refractivity contribution in [2.75, 3.05) is 26.2 Å². The highest BCUT2D eigenvalue weighted by molar-refractivity contribution is 7.89. The Balaban J connectivity index is 1.74. The van der Waals surface area contributed by atoms with Gasteiger partial charge >= 0.3 is 0 Å². The molecule has 3 rings (SSSR count). The van der Waals surface area contributed by atoms with E-state index in [0.29, 0.717) is 43.1 Å². The highest BCUT2D eigenvalue weighted by Gasteiger charge is 2.33. The fourth-order valence-electron chi connectivity index (χ4n) is 3.60. The maximum absolute atomic E-state index is 13.0. The fraction of sp³-hybridized carbons (Fsp3) is 0.524. The Kier molecular flexibility index (Phi) is 5.87. The molecule has 8 heteroatoms. The third-order valence-corrected chi connectivity index (χ3v) is 7.45. The standard InChI is InChI=1S/C21H29N3O4S/c1-15-19(16(2)28-22-15)29(26,27)24-12-6-11-23(13-14-24)20(25)17-7-9-18(10-8-17)21(3,4)5/h7-10H,6,11-14H2,1-5H3. The molecule has 1 aromatic heterocycles. The van der Waals surface area contributed by atoms with Gasteiger partial charge in [-0.2, -0.15) is 4.31 Å². The van der Waals surface area contributed by atoms with E-state index in [2.05, 4.69) is 25.9 Å². The number of benzene rings is 1. The quantitative estimate of drug-likeness (QED) is 0.763. The van der Waals surface area contributed by atoms with Crippen LogP contribution in [-0.2, 0) is 15.4 Å². The second-order valence-corrected chi connectivity index (χ2v) is 10.4. The highest BCUT2D eigenvalue weighted by Crippen LogP contribution is 2.25. The zero-order valence-electron chi connectivity index (χ0n) is 17.7. The average molecular weight is 420 g/mol. The van der Waals surface area contributed by atoms with Crippen molar-refractivity contribution in [3.05, 3.63) is 46.8 Å². The summed E-state index contributed by atoms with van der Waals surface area (Å²) in [5, 5.41) is 3.76. The van der Waals surface area contributed by atoms with E-state index in [4.69, 9.17) is 4.52 Å². The number of nitrogens with zero attached hydrogens (tertiary/aromatic N) is 3. The summed E-state index contributed by atoms with van der Waals surface area (Å²) in [7, 11) is -3.70. The van der Waals surface area contributed by atoms with E-state index in [1.165, 1.54) is 9.87 Å². The van der Waals surface area contributed by atoms with E-state index in [1.54, 1.807) is 18.7 Å². The van der Waals surface area contributed by atoms with Crippen molar-refractivity contribution >= 4 is 15.9 Å². The molecule has 1 saturated heterocycles. The van der Waals surface area contributed by atoms with Crippen molar-refractivity contribution in [3.8, 4) is 0 Å². The molecule has 1 aliphatic rings. The van der Waals surface area contributed by atoms with Crippen LogP contribution in [0.2, 0.25) is 0 Å². The molecule has 0 atom stereocenters. The number of aromatic nitrogens is 1. The molecule has 29 heavy (non-hydrogen) atoms. The van der Waals surface area contributed by atoms with Gasteiger partial charge in [0.2, 0.25) is 10.0 Å². The zero-order chi connectivity index (χ0) is 21.4. The molecular weight excluding hydrogens is 390 g/mol. The molecule has 158 valence electrons. The summed E-state index contributed by atoms with van der Waals surface area (Å²) in [5.74, 6) is 0.223. The lowest BCUT2D eigenvalue weighted by Gasteiger charge is -2.23. The van der Waals surface area contributed by atoms with Gasteiger partial charge in [-0.1, -0.05) is 38.1 Å². The Morgan fingerprint density at radius 2 is 1.69 bits per heavy atom. The normalized spacial score (nSPS) is 16.7. The minimum Gasteiger partial charge on any atom is -0.360 e. The number of hydrogen-bond donors (Lipinski definition) is 0. The molecule has 1 amide bonds. The van der Waals surface area contributed by atoms with Crippen molar-refractivity contribution in [1.82, 2.24) is 14.4 Å². The third kappa shape index (κ3) is 4.38. The summed E-state index contributed by atoms with van der Waals surface area (Å²) in [4.78, 5) is 14.8. The molecule has 0 saturated carbocycles. The Hall–Kier alpha value is -2.19. The topological polar surface area (TPSA) is 83.7 Å². The first-order valence-electron chi connectivity index (χ1n) is 9.84. The van der Waals surface area contributed by atoms with Gasteiger partial charge in [0.05, 0.1) is 0 Å². The van der Waals surface area contributed by atoms with E-state index in [1.807, 2.05) is 24.3 Å².